The average Bonchev–Trinajstić information content (AvgIpc) is 2.39. The van der Waals surface area contributed by atoms with Crippen molar-refractivity contribution in [1.82, 2.24) is 14.8 Å². The lowest BCUT2D eigenvalue weighted by molar-refractivity contribution is 0.104. The molecule has 0 bridgehead atoms. The van der Waals surface area contributed by atoms with E-state index in [1.165, 1.54) is 13.2 Å². The van der Waals surface area contributed by atoms with Crippen molar-refractivity contribution in [1.29, 1.82) is 0 Å². The molecule has 0 radical (unpaired) electrons. The number of nitrogens with zero attached hydrogens (tertiary/aromatic N) is 3. The zero-order chi connectivity index (χ0) is 13.8. The lowest BCUT2D eigenvalue weighted by Crippen LogP contribution is -2.48. The first kappa shape index (κ1) is 14.2. The fourth-order valence-electron chi connectivity index (χ4n) is 2.40. The van der Waals surface area contributed by atoms with Crippen LogP contribution in [0.15, 0.2) is 12.3 Å². The molecule has 1 aromatic heterocycles. The van der Waals surface area contributed by atoms with E-state index in [9.17, 15) is 4.39 Å². The van der Waals surface area contributed by atoms with Crippen molar-refractivity contribution in [2.75, 3.05) is 33.3 Å². The zero-order valence-corrected chi connectivity index (χ0v) is 11.9. The summed E-state index contributed by atoms with van der Waals surface area (Å²) in [4.78, 5) is 8.77. The highest BCUT2D eigenvalue weighted by molar-refractivity contribution is 5.20. The summed E-state index contributed by atoms with van der Waals surface area (Å²) in [5, 5.41) is 0. The molecule has 1 fully saturated rings. The predicted molar refractivity (Wildman–Crippen MR) is 72.7 cm³/mol. The van der Waals surface area contributed by atoms with Gasteiger partial charge in [-0.3, -0.25) is 9.80 Å². The third-order valence-corrected chi connectivity index (χ3v) is 3.60. The molecule has 5 heteroatoms. The van der Waals surface area contributed by atoms with E-state index in [-0.39, 0.29) is 11.7 Å². The first-order valence-corrected chi connectivity index (χ1v) is 6.75. The van der Waals surface area contributed by atoms with E-state index < -0.39 is 0 Å². The van der Waals surface area contributed by atoms with Crippen LogP contribution in [0.2, 0.25) is 0 Å². The van der Waals surface area contributed by atoms with Gasteiger partial charge in [0.1, 0.15) is 0 Å². The van der Waals surface area contributed by atoms with E-state index in [4.69, 9.17) is 4.74 Å². The molecule has 0 unspecified atom stereocenters. The van der Waals surface area contributed by atoms with E-state index in [1.807, 2.05) is 0 Å². The summed E-state index contributed by atoms with van der Waals surface area (Å²) >= 11 is 0. The number of piperazine rings is 1. The Balaban J connectivity index is 1.90. The number of ether oxygens (including phenoxy) is 1. The van der Waals surface area contributed by atoms with E-state index in [2.05, 4.69) is 28.6 Å². The fraction of sp³-hybridized carbons (Fsp3) is 0.643. The standard InChI is InChI=1S/C14H22FN3O/c1-11(2)18-6-4-17(5-7-18)10-12-8-13(15)14(19-3)16-9-12/h8-9,11H,4-7,10H2,1-3H3. The van der Waals surface area contributed by atoms with Crippen molar-refractivity contribution >= 4 is 0 Å². The number of hydrogen-bond donors (Lipinski definition) is 0. The Bertz CT molecular complexity index is 417. The van der Waals surface area contributed by atoms with Gasteiger partial charge in [-0.2, -0.15) is 0 Å². The molecule has 2 rings (SSSR count). The van der Waals surface area contributed by atoms with Crippen LogP contribution in [0.25, 0.3) is 0 Å². The number of rotatable bonds is 4. The maximum atomic E-state index is 13.6. The zero-order valence-electron chi connectivity index (χ0n) is 11.9. The second kappa shape index (κ2) is 6.30. The van der Waals surface area contributed by atoms with E-state index in [0.717, 1.165) is 38.3 Å². The summed E-state index contributed by atoms with van der Waals surface area (Å²) in [6.45, 7) is 9.38. The smallest absolute Gasteiger partial charge is 0.250 e. The Hall–Kier alpha value is -1.20. The van der Waals surface area contributed by atoms with Crippen LogP contribution in [-0.4, -0.2) is 54.1 Å². The summed E-state index contributed by atoms with van der Waals surface area (Å²) in [5.41, 5.74) is 0.899. The molecule has 19 heavy (non-hydrogen) atoms. The maximum Gasteiger partial charge on any atom is 0.250 e. The van der Waals surface area contributed by atoms with Crippen molar-refractivity contribution in [2.45, 2.75) is 26.4 Å². The van der Waals surface area contributed by atoms with Gasteiger partial charge in [0.15, 0.2) is 5.82 Å². The van der Waals surface area contributed by atoms with Crippen LogP contribution in [0.4, 0.5) is 4.39 Å². The Morgan fingerprint density at radius 2 is 2.00 bits per heavy atom. The molecule has 0 amide bonds. The molecule has 0 spiro atoms. The van der Waals surface area contributed by atoms with Gasteiger partial charge in [0.05, 0.1) is 7.11 Å². The number of pyridine rings is 1. The fourth-order valence-corrected chi connectivity index (χ4v) is 2.40. The van der Waals surface area contributed by atoms with Crippen LogP contribution in [0.3, 0.4) is 0 Å². The Kier molecular flexibility index (Phi) is 4.71. The van der Waals surface area contributed by atoms with Gasteiger partial charge in [-0.25, -0.2) is 9.37 Å². The normalized spacial score (nSPS) is 17.9. The summed E-state index contributed by atoms with van der Waals surface area (Å²) < 4.78 is 18.4. The van der Waals surface area contributed by atoms with Gasteiger partial charge in [0.2, 0.25) is 5.88 Å². The monoisotopic (exact) mass is 267 g/mol. The molecule has 1 aliphatic heterocycles. The maximum absolute atomic E-state index is 13.6. The highest BCUT2D eigenvalue weighted by atomic mass is 19.1. The Morgan fingerprint density at radius 3 is 2.53 bits per heavy atom. The molecule has 1 aromatic rings. The van der Waals surface area contributed by atoms with E-state index >= 15 is 0 Å². The van der Waals surface area contributed by atoms with Gasteiger partial charge < -0.3 is 4.74 Å². The average molecular weight is 267 g/mol. The second-order valence-electron chi connectivity index (χ2n) is 5.24. The van der Waals surface area contributed by atoms with E-state index in [1.54, 1.807) is 6.20 Å². The Labute approximate surface area is 114 Å². The molecule has 0 atom stereocenters. The lowest BCUT2D eigenvalue weighted by Gasteiger charge is -2.36. The summed E-state index contributed by atoms with van der Waals surface area (Å²) in [6, 6.07) is 2.11. The quantitative estimate of drug-likeness (QED) is 0.831. The molecule has 0 saturated carbocycles. The summed E-state index contributed by atoms with van der Waals surface area (Å²) in [5.74, 6) is -0.325. The van der Waals surface area contributed by atoms with Crippen molar-refractivity contribution in [2.24, 2.45) is 0 Å². The molecule has 2 heterocycles. The molecule has 0 aliphatic carbocycles. The highest BCUT2D eigenvalue weighted by Crippen LogP contribution is 2.16. The molecule has 1 aliphatic rings. The number of aromatic nitrogens is 1. The van der Waals surface area contributed by atoms with Crippen molar-refractivity contribution in [3.05, 3.63) is 23.6 Å². The third kappa shape index (κ3) is 3.64. The van der Waals surface area contributed by atoms with Gasteiger partial charge in [-0.15, -0.1) is 0 Å². The SMILES string of the molecule is COc1ncc(CN2CCN(C(C)C)CC2)cc1F. The van der Waals surface area contributed by atoms with Crippen LogP contribution >= 0.6 is 0 Å². The predicted octanol–water partition coefficient (Wildman–Crippen LogP) is 1.76. The number of hydrogen-bond acceptors (Lipinski definition) is 4. The van der Waals surface area contributed by atoms with Crippen LogP contribution in [-0.2, 0) is 6.54 Å². The molecule has 1 saturated heterocycles. The topological polar surface area (TPSA) is 28.6 Å². The molecule has 4 nitrogen and oxygen atoms in total. The number of methoxy groups -OCH3 is 1. The van der Waals surface area contributed by atoms with Crippen LogP contribution in [0.1, 0.15) is 19.4 Å². The Morgan fingerprint density at radius 1 is 1.32 bits per heavy atom. The summed E-state index contributed by atoms with van der Waals surface area (Å²) in [6.07, 6.45) is 1.69. The van der Waals surface area contributed by atoms with Crippen molar-refractivity contribution in [3.8, 4) is 5.88 Å². The highest BCUT2D eigenvalue weighted by Gasteiger charge is 2.19. The third-order valence-electron chi connectivity index (χ3n) is 3.60. The molecule has 0 N–H and O–H groups in total. The van der Waals surface area contributed by atoms with Crippen molar-refractivity contribution in [3.63, 3.8) is 0 Å². The van der Waals surface area contributed by atoms with Gasteiger partial charge >= 0.3 is 0 Å². The molecular weight excluding hydrogens is 245 g/mol. The van der Waals surface area contributed by atoms with Gasteiger partial charge in [0, 0.05) is 45.0 Å². The van der Waals surface area contributed by atoms with Crippen LogP contribution < -0.4 is 4.74 Å². The summed E-state index contributed by atoms with van der Waals surface area (Å²) in [7, 11) is 1.43. The van der Waals surface area contributed by atoms with Gasteiger partial charge in [-0.1, -0.05) is 0 Å². The van der Waals surface area contributed by atoms with Gasteiger partial charge in [0.25, 0.3) is 0 Å². The first-order chi connectivity index (χ1) is 9.10. The molecular formula is C14H22FN3O. The second-order valence-corrected chi connectivity index (χ2v) is 5.24. The van der Waals surface area contributed by atoms with Crippen molar-refractivity contribution < 1.29 is 9.13 Å². The first-order valence-electron chi connectivity index (χ1n) is 6.75. The van der Waals surface area contributed by atoms with Gasteiger partial charge in [-0.05, 0) is 25.5 Å². The van der Waals surface area contributed by atoms with E-state index in [0.29, 0.717) is 6.04 Å². The largest absolute Gasteiger partial charge is 0.479 e. The minimum absolute atomic E-state index is 0.0633. The minimum atomic E-state index is -0.388. The van der Waals surface area contributed by atoms with Crippen LogP contribution in [0.5, 0.6) is 5.88 Å². The van der Waals surface area contributed by atoms with Crippen LogP contribution in [0, 0.1) is 5.82 Å². The molecule has 106 valence electrons. The lowest BCUT2D eigenvalue weighted by atomic mass is 10.2. The minimum Gasteiger partial charge on any atom is -0.479 e. The molecule has 0 aromatic carbocycles. The number of halogens is 1.